The van der Waals surface area contributed by atoms with Crippen molar-refractivity contribution in [3.8, 4) is 0 Å². The molecule has 0 aromatic heterocycles. The van der Waals surface area contributed by atoms with Crippen molar-refractivity contribution >= 4 is 23.8 Å². The Kier molecular flexibility index (Phi) is 9.34. The highest BCUT2D eigenvalue weighted by Crippen LogP contribution is 2.22. The van der Waals surface area contributed by atoms with E-state index >= 15 is 0 Å². The van der Waals surface area contributed by atoms with Crippen LogP contribution < -0.4 is 5.32 Å². The maximum atomic E-state index is 12.5. The summed E-state index contributed by atoms with van der Waals surface area (Å²) in [6.45, 7) is 16.1. The summed E-state index contributed by atoms with van der Waals surface area (Å²) in [5.41, 5.74) is -2.39. The van der Waals surface area contributed by atoms with Crippen molar-refractivity contribution < 1.29 is 33.4 Å². The molecular formula is C21H37NO7. The molecule has 0 aromatic rings. The highest BCUT2D eigenvalue weighted by atomic mass is 16.6. The van der Waals surface area contributed by atoms with E-state index in [1.165, 1.54) is 6.92 Å². The van der Waals surface area contributed by atoms with Gasteiger partial charge in [0.05, 0.1) is 22.8 Å². The Morgan fingerprint density at radius 2 is 1.07 bits per heavy atom. The van der Waals surface area contributed by atoms with Gasteiger partial charge >= 0.3 is 17.9 Å². The number of carbonyl (C=O) groups excluding carboxylic acids is 4. The second kappa shape index (κ2) is 10.1. The Hall–Kier alpha value is -2.12. The van der Waals surface area contributed by atoms with E-state index in [0.717, 1.165) is 0 Å². The molecule has 0 bridgehead atoms. The fourth-order valence-electron chi connectivity index (χ4n) is 1.71. The van der Waals surface area contributed by atoms with Crippen molar-refractivity contribution in [1.82, 2.24) is 5.32 Å². The molecule has 0 fully saturated rings. The Labute approximate surface area is 174 Å². The van der Waals surface area contributed by atoms with Crippen LogP contribution in [-0.4, -0.2) is 49.2 Å². The molecule has 0 aromatic carbocycles. The molecule has 0 spiro atoms. The minimum atomic E-state index is -1.08. The van der Waals surface area contributed by atoms with E-state index in [0.29, 0.717) is 0 Å². The Morgan fingerprint density at radius 1 is 0.690 bits per heavy atom. The lowest BCUT2D eigenvalue weighted by atomic mass is 9.96. The number of amides is 1. The summed E-state index contributed by atoms with van der Waals surface area (Å²) in [6.07, 6.45) is -2.10. The first-order valence-electron chi connectivity index (χ1n) is 9.69. The molecule has 29 heavy (non-hydrogen) atoms. The summed E-state index contributed by atoms with van der Waals surface area (Å²) >= 11 is 0. The average Bonchev–Trinajstić information content (AvgIpc) is 2.51. The van der Waals surface area contributed by atoms with Gasteiger partial charge < -0.3 is 19.5 Å². The maximum Gasteiger partial charge on any atom is 0.311 e. The number of esters is 3. The van der Waals surface area contributed by atoms with Gasteiger partial charge in [0.1, 0.15) is 6.61 Å². The molecule has 0 saturated heterocycles. The molecule has 168 valence electrons. The van der Waals surface area contributed by atoms with Crippen molar-refractivity contribution in [2.45, 2.75) is 81.4 Å². The zero-order chi connectivity index (χ0) is 23.2. The summed E-state index contributed by atoms with van der Waals surface area (Å²) < 4.78 is 16.4. The van der Waals surface area contributed by atoms with Gasteiger partial charge in [0.2, 0.25) is 5.91 Å². The van der Waals surface area contributed by atoms with Crippen LogP contribution >= 0.6 is 0 Å². The van der Waals surface area contributed by atoms with Crippen molar-refractivity contribution in [3.05, 3.63) is 0 Å². The first-order valence-corrected chi connectivity index (χ1v) is 9.69. The topological polar surface area (TPSA) is 108 Å². The molecule has 8 nitrogen and oxygen atoms in total. The Morgan fingerprint density at radius 3 is 1.41 bits per heavy atom. The lowest BCUT2D eigenvalue weighted by Gasteiger charge is -2.31. The zero-order valence-electron chi connectivity index (χ0n) is 19.4. The van der Waals surface area contributed by atoms with Gasteiger partial charge in [-0.05, 0) is 62.3 Å². The predicted molar refractivity (Wildman–Crippen MR) is 108 cm³/mol. The zero-order valence-corrected chi connectivity index (χ0v) is 19.4. The Balaban J connectivity index is 5.70. The summed E-state index contributed by atoms with van der Waals surface area (Å²) in [5.74, 6) is -1.91. The van der Waals surface area contributed by atoms with Crippen LogP contribution in [0.25, 0.3) is 0 Å². The standard InChI is InChI=1S/C21H37NO7/c1-13(23)22-11-14(28-17(25)20(5,6)7)15(29-18(26)21(8,9)10)12-27-16(24)19(2,3)4/h14-15H,11-12H2,1-10H3,(H,22,23)/t14-,15-/m1/s1. The van der Waals surface area contributed by atoms with Gasteiger partial charge in [0.15, 0.2) is 12.2 Å². The van der Waals surface area contributed by atoms with Gasteiger partial charge in [-0.25, -0.2) is 0 Å². The van der Waals surface area contributed by atoms with Gasteiger partial charge in [0.25, 0.3) is 0 Å². The molecular weight excluding hydrogens is 378 g/mol. The van der Waals surface area contributed by atoms with Crippen LogP contribution in [0.2, 0.25) is 0 Å². The minimum Gasteiger partial charge on any atom is -0.461 e. The van der Waals surface area contributed by atoms with Crippen molar-refractivity contribution in [2.75, 3.05) is 13.2 Å². The third-order valence-electron chi connectivity index (χ3n) is 3.70. The molecule has 1 amide bonds. The SMILES string of the molecule is CC(=O)NC[C@@H](OC(=O)C(C)(C)C)[C@@H](COC(=O)C(C)(C)C)OC(=O)C(C)(C)C. The predicted octanol–water partition coefficient (Wildman–Crippen LogP) is 2.63. The number of rotatable bonds is 7. The van der Waals surface area contributed by atoms with Crippen LogP contribution in [0.5, 0.6) is 0 Å². The second-order valence-corrected chi connectivity index (χ2v) is 10.2. The number of ether oxygens (including phenoxy) is 3. The number of nitrogens with one attached hydrogen (secondary N) is 1. The van der Waals surface area contributed by atoms with Crippen molar-refractivity contribution in [2.24, 2.45) is 16.2 Å². The molecule has 2 atom stereocenters. The van der Waals surface area contributed by atoms with E-state index < -0.39 is 46.4 Å². The van der Waals surface area contributed by atoms with Crippen LogP contribution in [0.3, 0.4) is 0 Å². The monoisotopic (exact) mass is 415 g/mol. The van der Waals surface area contributed by atoms with Crippen LogP contribution in [-0.2, 0) is 33.4 Å². The highest BCUT2D eigenvalue weighted by Gasteiger charge is 2.37. The molecule has 0 radical (unpaired) electrons. The third-order valence-corrected chi connectivity index (χ3v) is 3.70. The number of hydrogen-bond acceptors (Lipinski definition) is 7. The van der Waals surface area contributed by atoms with Crippen LogP contribution in [0.4, 0.5) is 0 Å². The first kappa shape index (κ1) is 26.9. The lowest BCUT2D eigenvalue weighted by molar-refractivity contribution is -0.185. The number of hydrogen-bond donors (Lipinski definition) is 1. The van der Waals surface area contributed by atoms with Crippen LogP contribution in [0.1, 0.15) is 69.2 Å². The molecule has 0 aliphatic rings. The molecule has 0 aliphatic carbocycles. The minimum absolute atomic E-state index is 0.0910. The molecule has 0 saturated carbocycles. The van der Waals surface area contributed by atoms with Crippen LogP contribution in [0, 0.1) is 16.2 Å². The summed E-state index contributed by atoms with van der Waals surface area (Å²) in [6, 6.07) is 0. The fraction of sp³-hybridized carbons (Fsp3) is 0.810. The fourth-order valence-corrected chi connectivity index (χ4v) is 1.71. The van der Waals surface area contributed by atoms with E-state index in [1.807, 2.05) is 0 Å². The molecule has 8 heteroatoms. The highest BCUT2D eigenvalue weighted by molar-refractivity contribution is 5.77. The van der Waals surface area contributed by atoms with E-state index in [9.17, 15) is 19.2 Å². The van der Waals surface area contributed by atoms with Crippen molar-refractivity contribution in [3.63, 3.8) is 0 Å². The summed E-state index contributed by atoms with van der Waals surface area (Å²) in [7, 11) is 0. The van der Waals surface area contributed by atoms with Gasteiger partial charge in [-0.1, -0.05) is 0 Å². The van der Waals surface area contributed by atoms with Crippen molar-refractivity contribution in [1.29, 1.82) is 0 Å². The van der Waals surface area contributed by atoms with E-state index in [2.05, 4.69) is 5.32 Å². The smallest absolute Gasteiger partial charge is 0.311 e. The lowest BCUT2D eigenvalue weighted by Crippen LogP contribution is -2.48. The normalized spacial score (nSPS) is 14.4. The molecule has 0 rings (SSSR count). The van der Waals surface area contributed by atoms with Gasteiger partial charge in [-0.3, -0.25) is 19.2 Å². The molecule has 0 unspecified atom stereocenters. The summed E-state index contributed by atoms with van der Waals surface area (Å²) in [4.78, 5) is 48.4. The number of carbonyl (C=O) groups is 4. The second-order valence-electron chi connectivity index (χ2n) is 10.2. The molecule has 0 aliphatic heterocycles. The Bertz CT molecular complexity index is 606. The maximum absolute atomic E-state index is 12.5. The van der Waals surface area contributed by atoms with E-state index in [4.69, 9.17) is 14.2 Å². The van der Waals surface area contributed by atoms with E-state index in [-0.39, 0.29) is 19.1 Å². The molecule has 1 N–H and O–H groups in total. The quantitative estimate of drug-likeness (QED) is 0.503. The van der Waals surface area contributed by atoms with Crippen LogP contribution in [0.15, 0.2) is 0 Å². The van der Waals surface area contributed by atoms with Gasteiger partial charge in [-0.15, -0.1) is 0 Å². The average molecular weight is 416 g/mol. The summed E-state index contributed by atoms with van der Waals surface area (Å²) in [5, 5.41) is 2.56. The van der Waals surface area contributed by atoms with Gasteiger partial charge in [-0.2, -0.15) is 0 Å². The van der Waals surface area contributed by atoms with E-state index in [1.54, 1.807) is 62.3 Å². The van der Waals surface area contributed by atoms with Gasteiger partial charge in [0, 0.05) is 6.92 Å². The third kappa shape index (κ3) is 10.3. The molecule has 0 heterocycles. The largest absolute Gasteiger partial charge is 0.461 e. The first-order chi connectivity index (χ1) is 12.9.